The van der Waals surface area contributed by atoms with Gasteiger partial charge >= 0.3 is 6.03 Å². The summed E-state index contributed by atoms with van der Waals surface area (Å²) < 4.78 is 0. The van der Waals surface area contributed by atoms with E-state index in [0.29, 0.717) is 25.8 Å². The Balaban J connectivity index is 1.89. The maximum atomic E-state index is 12.7. The maximum Gasteiger partial charge on any atom is 0.325 e. The Labute approximate surface area is 117 Å². The lowest BCUT2D eigenvalue weighted by atomic mass is 9.92. The Hall–Kier alpha value is -2.35. The summed E-state index contributed by atoms with van der Waals surface area (Å²) in [6.07, 6.45) is 2.29. The van der Waals surface area contributed by atoms with E-state index in [4.69, 9.17) is 5.26 Å². The molecule has 5 heteroatoms. The number of rotatable bonds is 3. The topological polar surface area (TPSA) is 73.2 Å². The van der Waals surface area contributed by atoms with Gasteiger partial charge in [-0.3, -0.25) is 9.69 Å². The predicted octanol–water partition coefficient (Wildman–Crippen LogP) is 1.68. The van der Waals surface area contributed by atoms with E-state index in [0.717, 1.165) is 17.5 Å². The van der Waals surface area contributed by atoms with Crippen LogP contribution in [0.15, 0.2) is 24.3 Å². The lowest BCUT2D eigenvalue weighted by Gasteiger charge is -2.22. The number of hydrogen-bond acceptors (Lipinski definition) is 3. The first-order valence-electron chi connectivity index (χ1n) is 6.78. The van der Waals surface area contributed by atoms with Crippen molar-refractivity contribution >= 4 is 11.9 Å². The molecule has 1 atom stereocenters. The normalized spacial score (nSPS) is 23.9. The summed E-state index contributed by atoms with van der Waals surface area (Å²) in [4.78, 5) is 26.0. The third-order valence-electron chi connectivity index (χ3n) is 4.09. The summed E-state index contributed by atoms with van der Waals surface area (Å²) in [6, 6.07) is 9.44. The van der Waals surface area contributed by atoms with E-state index >= 15 is 0 Å². The van der Waals surface area contributed by atoms with Crippen LogP contribution >= 0.6 is 0 Å². The summed E-state index contributed by atoms with van der Waals surface area (Å²) >= 11 is 0. The number of urea groups is 1. The first-order chi connectivity index (χ1) is 9.69. The molecule has 1 aliphatic heterocycles. The minimum absolute atomic E-state index is 0.176. The molecule has 3 rings (SSSR count). The predicted molar refractivity (Wildman–Crippen MR) is 71.5 cm³/mol. The highest BCUT2D eigenvalue weighted by atomic mass is 16.2. The van der Waals surface area contributed by atoms with Crippen LogP contribution < -0.4 is 5.32 Å². The van der Waals surface area contributed by atoms with Gasteiger partial charge in [-0.05, 0) is 30.4 Å². The molecule has 1 aromatic carbocycles. The van der Waals surface area contributed by atoms with Crippen LogP contribution in [0.5, 0.6) is 0 Å². The number of hydrogen-bond donors (Lipinski definition) is 1. The number of nitrogens with one attached hydrogen (secondary N) is 1. The zero-order chi connectivity index (χ0) is 14.2. The van der Waals surface area contributed by atoms with Crippen molar-refractivity contribution in [2.24, 2.45) is 0 Å². The summed E-state index contributed by atoms with van der Waals surface area (Å²) in [5.41, 5.74) is 1.17. The Morgan fingerprint density at radius 1 is 1.35 bits per heavy atom. The fourth-order valence-electron chi connectivity index (χ4n) is 3.11. The van der Waals surface area contributed by atoms with Crippen molar-refractivity contribution in [3.63, 3.8) is 0 Å². The summed E-state index contributed by atoms with van der Waals surface area (Å²) in [5.74, 6) is -0.176. The quantitative estimate of drug-likeness (QED) is 0.670. The molecule has 1 unspecified atom stereocenters. The SMILES string of the molecule is N#CCCCN1C(=O)NC2(CCc3ccccc32)C1=O. The number of benzene rings is 1. The molecule has 1 saturated heterocycles. The van der Waals surface area contributed by atoms with E-state index in [-0.39, 0.29) is 11.9 Å². The monoisotopic (exact) mass is 269 g/mol. The van der Waals surface area contributed by atoms with Gasteiger partial charge in [-0.2, -0.15) is 5.26 Å². The van der Waals surface area contributed by atoms with Crippen molar-refractivity contribution in [1.29, 1.82) is 5.26 Å². The van der Waals surface area contributed by atoms with Gasteiger partial charge < -0.3 is 5.32 Å². The van der Waals surface area contributed by atoms with E-state index in [1.54, 1.807) is 0 Å². The summed E-state index contributed by atoms with van der Waals surface area (Å²) in [7, 11) is 0. The number of fused-ring (bicyclic) bond motifs is 2. The van der Waals surface area contributed by atoms with Gasteiger partial charge in [0.15, 0.2) is 0 Å². The Kier molecular flexibility index (Phi) is 2.94. The number of carbonyl (C=O) groups excluding carboxylic acids is 2. The number of imide groups is 1. The first-order valence-corrected chi connectivity index (χ1v) is 6.78. The molecule has 0 bridgehead atoms. The molecular formula is C15H15N3O2. The van der Waals surface area contributed by atoms with Gasteiger partial charge in [0.25, 0.3) is 5.91 Å². The van der Waals surface area contributed by atoms with Crippen molar-refractivity contribution in [1.82, 2.24) is 10.2 Å². The van der Waals surface area contributed by atoms with Crippen LogP contribution in [0.1, 0.15) is 30.4 Å². The Bertz CT molecular complexity index is 620. The molecule has 0 aromatic heterocycles. The molecule has 20 heavy (non-hydrogen) atoms. The van der Waals surface area contributed by atoms with Gasteiger partial charge in [0.05, 0.1) is 6.07 Å². The van der Waals surface area contributed by atoms with Gasteiger partial charge in [-0.25, -0.2) is 4.79 Å². The minimum atomic E-state index is -0.875. The highest BCUT2D eigenvalue weighted by Gasteiger charge is 2.54. The second kappa shape index (κ2) is 4.64. The zero-order valence-corrected chi connectivity index (χ0v) is 11.1. The van der Waals surface area contributed by atoms with Crippen LogP contribution in [0.4, 0.5) is 4.79 Å². The smallest absolute Gasteiger partial charge is 0.319 e. The highest BCUT2D eigenvalue weighted by Crippen LogP contribution is 2.41. The lowest BCUT2D eigenvalue weighted by molar-refractivity contribution is -0.131. The number of nitrogens with zero attached hydrogens (tertiary/aromatic N) is 2. The van der Waals surface area contributed by atoms with Crippen molar-refractivity contribution in [2.45, 2.75) is 31.2 Å². The van der Waals surface area contributed by atoms with Crippen LogP contribution in [-0.2, 0) is 16.8 Å². The van der Waals surface area contributed by atoms with Gasteiger partial charge in [-0.15, -0.1) is 0 Å². The highest BCUT2D eigenvalue weighted by molar-refractivity contribution is 6.08. The fourth-order valence-corrected chi connectivity index (χ4v) is 3.11. The Morgan fingerprint density at radius 2 is 2.15 bits per heavy atom. The van der Waals surface area contributed by atoms with Crippen molar-refractivity contribution in [2.75, 3.05) is 6.54 Å². The van der Waals surface area contributed by atoms with Gasteiger partial charge in [-0.1, -0.05) is 24.3 Å². The minimum Gasteiger partial charge on any atom is -0.319 e. The van der Waals surface area contributed by atoms with Crippen LogP contribution in [-0.4, -0.2) is 23.4 Å². The molecule has 5 nitrogen and oxygen atoms in total. The van der Waals surface area contributed by atoms with Gasteiger partial charge in [0.1, 0.15) is 5.54 Å². The first kappa shape index (κ1) is 12.7. The largest absolute Gasteiger partial charge is 0.325 e. The second-order valence-electron chi connectivity index (χ2n) is 5.21. The molecule has 0 radical (unpaired) electrons. The number of nitriles is 1. The van der Waals surface area contributed by atoms with Crippen LogP contribution in [0.3, 0.4) is 0 Å². The van der Waals surface area contributed by atoms with E-state index in [2.05, 4.69) is 5.32 Å². The lowest BCUT2D eigenvalue weighted by Crippen LogP contribution is -2.42. The maximum absolute atomic E-state index is 12.7. The van der Waals surface area contributed by atoms with Crippen LogP contribution in [0.25, 0.3) is 0 Å². The molecule has 1 aromatic rings. The average molecular weight is 269 g/mol. The molecule has 1 aliphatic carbocycles. The van der Waals surface area contributed by atoms with Crippen molar-refractivity contribution in [3.8, 4) is 6.07 Å². The molecule has 1 fully saturated rings. The summed E-state index contributed by atoms with van der Waals surface area (Å²) in [5, 5.41) is 11.4. The molecule has 2 aliphatic rings. The number of aryl methyl sites for hydroxylation is 1. The molecule has 0 saturated carbocycles. The van der Waals surface area contributed by atoms with Crippen molar-refractivity contribution in [3.05, 3.63) is 35.4 Å². The standard InChI is InChI=1S/C15H15N3O2/c16-9-3-4-10-18-13(19)15(17-14(18)20)8-7-11-5-1-2-6-12(11)15/h1-2,5-6H,3-4,7-8,10H2,(H,17,20). The average Bonchev–Trinajstić information content (AvgIpc) is 2.94. The van der Waals surface area contributed by atoms with E-state index < -0.39 is 5.54 Å². The van der Waals surface area contributed by atoms with E-state index in [1.165, 1.54) is 4.90 Å². The molecule has 102 valence electrons. The van der Waals surface area contributed by atoms with Crippen LogP contribution in [0, 0.1) is 11.3 Å². The molecular weight excluding hydrogens is 254 g/mol. The fraction of sp³-hybridized carbons (Fsp3) is 0.400. The Morgan fingerprint density at radius 3 is 2.95 bits per heavy atom. The van der Waals surface area contributed by atoms with E-state index in [9.17, 15) is 9.59 Å². The number of amides is 3. The number of carbonyl (C=O) groups is 2. The van der Waals surface area contributed by atoms with E-state index in [1.807, 2.05) is 30.3 Å². The van der Waals surface area contributed by atoms with Crippen LogP contribution in [0.2, 0.25) is 0 Å². The molecule has 3 amide bonds. The summed E-state index contributed by atoms with van der Waals surface area (Å²) in [6.45, 7) is 0.308. The van der Waals surface area contributed by atoms with Gasteiger partial charge in [0.2, 0.25) is 0 Å². The molecule has 1 heterocycles. The third-order valence-corrected chi connectivity index (χ3v) is 4.09. The molecule has 1 spiro atoms. The molecule has 1 N–H and O–H groups in total. The number of unbranched alkanes of at least 4 members (excludes halogenated alkanes) is 1. The second-order valence-corrected chi connectivity index (χ2v) is 5.21. The third kappa shape index (κ3) is 1.68. The zero-order valence-electron chi connectivity index (χ0n) is 11.1. The van der Waals surface area contributed by atoms with Crippen molar-refractivity contribution < 1.29 is 9.59 Å². The van der Waals surface area contributed by atoms with Gasteiger partial charge in [0, 0.05) is 13.0 Å².